The predicted molar refractivity (Wildman–Crippen MR) is 190 cm³/mol. The molecule has 4 aromatic heterocycles. The molecular formula is C41H24N2OS. The van der Waals surface area contributed by atoms with E-state index >= 15 is 0 Å². The van der Waals surface area contributed by atoms with Crippen molar-refractivity contribution in [2.45, 2.75) is 0 Å². The molecule has 210 valence electrons. The van der Waals surface area contributed by atoms with E-state index in [9.17, 15) is 0 Å². The molecule has 0 saturated heterocycles. The van der Waals surface area contributed by atoms with Crippen molar-refractivity contribution in [1.82, 2.24) is 9.55 Å². The van der Waals surface area contributed by atoms with Crippen LogP contribution in [-0.2, 0) is 0 Å². The number of furan rings is 1. The van der Waals surface area contributed by atoms with Gasteiger partial charge in [-0.25, -0.2) is 4.98 Å². The first-order valence-electron chi connectivity index (χ1n) is 15.1. The Labute approximate surface area is 262 Å². The van der Waals surface area contributed by atoms with Crippen molar-refractivity contribution in [3.05, 3.63) is 146 Å². The van der Waals surface area contributed by atoms with Gasteiger partial charge in [-0.2, -0.15) is 0 Å². The highest BCUT2D eigenvalue weighted by atomic mass is 32.1. The molecule has 4 heterocycles. The van der Waals surface area contributed by atoms with Crippen LogP contribution in [0.2, 0.25) is 0 Å². The average Bonchev–Trinajstić information content (AvgIpc) is 3.78. The van der Waals surface area contributed by atoms with Crippen molar-refractivity contribution in [1.29, 1.82) is 0 Å². The lowest BCUT2D eigenvalue weighted by Crippen LogP contribution is -2.00. The highest BCUT2D eigenvalue weighted by Gasteiger charge is 2.20. The molecule has 45 heavy (non-hydrogen) atoms. The van der Waals surface area contributed by atoms with Gasteiger partial charge in [0.1, 0.15) is 17.0 Å². The van der Waals surface area contributed by atoms with Crippen LogP contribution in [0.5, 0.6) is 0 Å². The van der Waals surface area contributed by atoms with Gasteiger partial charge in [-0.3, -0.25) is 4.57 Å². The summed E-state index contributed by atoms with van der Waals surface area (Å²) in [5, 5.41) is 7.31. The Morgan fingerprint density at radius 3 is 2.18 bits per heavy atom. The summed E-state index contributed by atoms with van der Waals surface area (Å²) in [4.78, 5) is 5.46. The molecule has 3 nitrogen and oxygen atoms in total. The van der Waals surface area contributed by atoms with Crippen LogP contribution in [0.3, 0.4) is 0 Å². The largest absolute Gasteiger partial charge is 0.456 e. The van der Waals surface area contributed by atoms with Crippen LogP contribution >= 0.6 is 11.3 Å². The molecule has 0 aliphatic carbocycles. The third-order valence-corrected chi connectivity index (χ3v) is 10.2. The minimum absolute atomic E-state index is 0.867. The summed E-state index contributed by atoms with van der Waals surface area (Å²) in [5.41, 5.74) is 8.30. The molecule has 0 saturated carbocycles. The van der Waals surface area contributed by atoms with Gasteiger partial charge in [-0.1, -0.05) is 103 Å². The van der Waals surface area contributed by atoms with Crippen LogP contribution < -0.4 is 0 Å². The van der Waals surface area contributed by atoms with E-state index in [4.69, 9.17) is 9.40 Å². The van der Waals surface area contributed by atoms with Gasteiger partial charge < -0.3 is 4.42 Å². The van der Waals surface area contributed by atoms with Crippen molar-refractivity contribution >= 4 is 75.3 Å². The Bertz CT molecular complexity index is 2770. The van der Waals surface area contributed by atoms with E-state index in [0.29, 0.717) is 0 Å². The third-order valence-electron chi connectivity index (χ3n) is 9.01. The van der Waals surface area contributed by atoms with Gasteiger partial charge in [0.25, 0.3) is 0 Å². The topological polar surface area (TPSA) is 31.0 Å². The molecule has 4 heteroatoms. The maximum atomic E-state index is 6.28. The Kier molecular flexibility index (Phi) is 5.16. The number of pyridine rings is 1. The lowest BCUT2D eigenvalue weighted by atomic mass is 9.99. The maximum Gasteiger partial charge on any atom is 0.138 e. The fraction of sp³-hybridized carbons (Fsp3) is 0. The minimum atomic E-state index is 0.867. The smallest absolute Gasteiger partial charge is 0.138 e. The highest BCUT2D eigenvalue weighted by molar-refractivity contribution is 7.26. The second kappa shape index (κ2) is 9.39. The first-order chi connectivity index (χ1) is 22.3. The molecule has 10 rings (SSSR count). The molecule has 0 unspecified atom stereocenters. The zero-order chi connectivity index (χ0) is 29.5. The van der Waals surface area contributed by atoms with E-state index in [-0.39, 0.29) is 0 Å². The molecule has 0 aliphatic rings. The van der Waals surface area contributed by atoms with Crippen molar-refractivity contribution in [2.75, 3.05) is 0 Å². The van der Waals surface area contributed by atoms with E-state index < -0.39 is 0 Å². The number of nitrogens with zero attached hydrogens (tertiary/aromatic N) is 2. The van der Waals surface area contributed by atoms with Crippen molar-refractivity contribution < 1.29 is 4.42 Å². The summed E-state index contributed by atoms with van der Waals surface area (Å²) in [6, 6.07) is 51.6. The van der Waals surface area contributed by atoms with Gasteiger partial charge >= 0.3 is 0 Å². The van der Waals surface area contributed by atoms with E-state index in [2.05, 4.69) is 132 Å². The van der Waals surface area contributed by atoms with Crippen molar-refractivity contribution in [3.63, 3.8) is 0 Å². The zero-order valence-corrected chi connectivity index (χ0v) is 24.9. The number of aromatic nitrogens is 2. The Morgan fingerprint density at radius 2 is 1.27 bits per heavy atom. The van der Waals surface area contributed by atoms with Crippen molar-refractivity contribution in [2.24, 2.45) is 0 Å². The standard InChI is InChI=1S/C41H24N2OS/c1-2-11-25(12-3-1)26-23-32(29-16-10-19-36-39(29)31-15-5-8-18-35(31)44-36)42-38(24-26)43-33-17-7-4-14-30(33)40-34(43)22-21-28-27-13-6-9-20-37(27)45-41(28)40/h1-24H. The molecule has 0 radical (unpaired) electrons. The van der Waals surface area contributed by atoms with E-state index in [0.717, 1.165) is 61.2 Å². The molecule has 0 amide bonds. The molecule has 10 aromatic rings. The Hall–Kier alpha value is -5.71. The second-order valence-electron chi connectivity index (χ2n) is 11.5. The lowest BCUT2D eigenvalue weighted by Gasteiger charge is -2.13. The second-order valence-corrected chi connectivity index (χ2v) is 12.6. The molecule has 0 aliphatic heterocycles. The highest BCUT2D eigenvalue weighted by Crippen LogP contribution is 2.44. The van der Waals surface area contributed by atoms with Gasteiger partial charge in [-0.05, 0) is 53.6 Å². The number of rotatable bonds is 3. The van der Waals surface area contributed by atoms with Gasteiger partial charge in [0.15, 0.2) is 0 Å². The number of hydrogen-bond donors (Lipinski definition) is 0. The van der Waals surface area contributed by atoms with Gasteiger partial charge in [0.05, 0.1) is 16.7 Å². The first-order valence-corrected chi connectivity index (χ1v) is 16.0. The fourth-order valence-electron chi connectivity index (χ4n) is 7.04. The summed E-state index contributed by atoms with van der Waals surface area (Å²) in [6.07, 6.45) is 0. The van der Waals surface area contributed by atoms with E-state index in [1.54, 1.807) is 0 Å². The SMILES string of the molecule is c1ccc(-c2cc(-c3cccc4oc5ccccc5c34)nc(-n3c4ccccc4c4c5sc6ccccc6c5ccc43)c2)cc1. The molecular weight excluding hydrogens is 569 g/mol. The maximum absolute atomic E-state index is 6.28. The summed E-state index contributed by atoms with van der Waals surface area (Å²) < 4.78 is 11.3. The van der Waals surface area contributed by atoms with Crippen LogP contribution in [0.15, 0.2) is 150 Å². The molecule has 0 fully saturated rings. The van der Waals surface area contributed by atoms with Gasteiger partial charge in [0.2, 0.25) is 0 Å². The molecule has 0 spiro atoms. The van der Waals surface area contributed by atoms with Crippen LogP contribution in [0, 0.1) is 0 Å². The third kappa shape index (κ3) is 3.60. The van der Waals surface area contributed by atoms with Crippen molar-refractivity contribution in [3.8, 4) is 28.2 Å². The molecule has 0 atom stereocenters. The fourth-order valence-corrected chi connectivity index (χ4v) is 8.29. The number of para-hydroxylation sites is 2. The Balaban J connectivity index is 1.32. The minimum Gasteiger partial charge on any atom is -0.456 e. The van der Waals surface area contributed by atoms with Crippen LogP contribution in [-0.4, -0.2) is 9.55 Å². The summed E-state index contributed by atoms with van der Waals surface area (Å²) >= 11 is 1.87. The number of fused-ring (bicyclic) bond motifs is 10. The summed E-state index contributed by atoms with van der Waals surface area (Å²) in [5.74, 6) is 0.891. The van der Waals surface area contributed by atoms with Crippen LogP contribution in [0.25, 0.3) is 92.1 Å². The quantitative estimate of drug-likeness (QED) is 0.204. The molecule has 6 aromatic carbocycles. The molecule has 0 N–H and O–H groups in total. The van der Waals surface area contributed by atoms with E-state index in [1.165, 1.54) is 30.9 Å². The molecule has 0 bridgehead atoms. The Morgan fingerprint density at radius 1 is 0.511 bits per heavy atom. The average molecular weight is 593 g/mol. The number of benzene rings is 6. The number of thiophene rings is 1. The normalized spacial score (nSPS) is 12.0. The van der Waals surface area contributed by atoms with Gasteiger partial charge in [-0.15, -0.1) is 11.3 Å². The summed E-state index contributed by atoms with van der Waals surface area (Å²) in [7, 11) is 0. The zero-order valence-electron chi connectivity index (χ0n) is 24.1. The predicted octanol–water partition coefficient (Wildman–Crippen LogP) is 11.8. The lowest BCUT2D eigenvalue weighted by molar-refractivity contribution is 0.669. The summed E-state index contributed by atoms with van der Waals surface area (Å²) in [6.45, 7) is 0. The first kappa shape index (κ1) is 24.7. The van der Waals surface area contributed by atoms with Crippen LogP contribution in [0.4, 0.5) is 0 Å². The number of hydrogen-bond acceptors (Lipinski definition) is 3. The monoisotopic (exact) mass is 592 g/mol. The van der Waals surface area contributed by atoms with Gasteiger partial charge in [0, 0.05) is 47.3 Å². The van der Waals surface area contributed by atoms with E-state index in [1.807, 2.05) is 29.5 Å². The van der Waals surface area contributed by atoms with Crippen LogP contribution in [0.1, 0.15) is 0 Å².